The maximum atomic E-state index is 6.23. The Bertz CT molecular complexity index is 597. The lowest BCUT2D eigenvalue weighted by molar-refractivity contribution is 0.913. The predicted octanol–water partition coefficient (Wildman–Crippen LogP) is 3.46. The minimum absolute atomic E-state index is 0.661. The van der Waals surface area contributed by atoms with Crippen molar-refractivity contribution in [2.24, 2.45) is 0 Å². The summed E-state index contributed by atoms with van der Waals surface area (Å²) in [6.07, 6.45) is 3.98. The first kappa shape index (κ1) is 13.5. The van der Waals surface area contributed by atoms with Crippen LogP contribution in [0.15, 0.2) is 40.5 Å². The lowest BCUT2D eigenvalue weighted by atomic mass is 10.4. The molecule has 1 aromatic carbocycles. The monoisotopic (exact) mass is 306 g/mol. The largest absolute Gasteiger partial charge is 0.394 e. The maximum absolute atomic E-state index is 6.23. The molecule has 2 heterocycles. The molecule has 0 aliphatic carbocycles. The van der Waals surface area contributed by atoms with E-state index in [9.17, 15) is 0 Å². The van der Waals surface area contributed by atoms with E-state index in [1.54, 1.807) is 6.33 Å². The van der Waals surface area contributed by atoms with E-state index in [2.05, 4.69) is 14.9 Å². The number of nitrogens with zero attached hydrogens (tertiary/aromatic N) is 3. The quantitative estimate of drug-likeness (QED) is 0.880. The predicted molar refractivity (Wildman–Crippen MR) is 83.5 cm³/mol. The molecule has 2 aromatic rings. The number of nitrogen functional groups attached to an aromatic ring is 1. The lowest BCUT2D eigenvalue weighted by Gasteiger charge is -2.19. The number of hydrogen-bond acceptors (Lipinski definition) is 5. The van der Waals surface area contributed by atoms with Crippen LogP contribution in [0.3, 0.4) is 0 Å². The number of hydrogen-bond donors (Lipinski definition) is 1. The fraction of sp³-hybridized carbons (Fsp3) is 0.286. The summed E-state index contributed by atoms with van der Waals surface area (Å²) >= 11 is 7.43. The first-order valence-corrected chi connectivity index (χ1v) is 7.72. The Morgan fingerprint density at radius 1 is 1.10 bits per heavy atom. The van der Waals surface area contributed by atoms with Gasteiger partial charge >= 0.3 is 0 Å². The van der Waals surface area contributed by atoms with Gasteiger partial charge in [0.1, 0.15) is 17.0 Å². The van der Waals surface area contributed by atoms with Gasteiger partial charge in [0.25, 0.3) is 0 Å². The van der Waals surface area contributed by atoms with Crippen LogP contribution in [0.25, 0.3) is 0 Å². The first-order chi connectivity index (χ1) is 9.74. The van der Waals surface area contributed by atoms with Gasteiger partial charge in [-0.15, -0.1) is 0 Å². The van der Waals surface area contributed by atoms with Crippen LogP contribution in [-0.4, -0.2) is 23.1 Å². The summed E-state index contributed by atoms with van der Waals surface area (Å²) in [5.41, 5.74) is 6.89. The molecule has 0 amide bonds. The summed E-state index contributed by atoms with van der Waals surface area (Å²) < 4.78 is 0. The number of anilines is 2. The van der Waals surface area contributed by atoms with Crippen LogP contribution in [0, 0.1) is 0 Å². The third-order valence-corrected chi connectivity index (χ3v) is 4.54. The van der Waals surface area contributed by atoms with Gasteiger partial charge in [-0.3, -0.25) is 0 Å². The fourth-order valence-corrected chi connectivity index (χ4v) is 3.17. The normalized spacial score (nSPS) is 14.8. The van der Waals surface area contributed by atoms with Gasteiger partial charge in [0, 0.05) is 23.0 Å². The minimum atomic E-state index is 0.661. The van der Waals surface area contributed by atoms with Gasteiger partial charge in [-0.1, -0.05) is 23.4 Å². The van der Waals surface area contributed by atoms with E-state index >= 15 is 0 Å². The molecule has 20 heavy (non-hydrogen) atoms. The van der Waals surface area contributed by atoms with Crippen molar-refractivity contribution in [1.82, 2.24) is 9.97 Å². The molecule has 4 nitrogen and oxygen atoms in total. The number of nitrogens with two attached hydrogens (primary N) is 1. The Morgan fingerprint density at radius 3 is 2.50 bits per heavy atom. The van der Waals surface area contributed by atoms with Crippen molar-refractivity contribution in [2.45, 2.75) is 22.8 Å². The van der Waals surface area contributed by atoms with E-state index in [0.717, 1.165) is 33.9 Å². The highest BCUT2D eigenvalue weighted by Gasteiger charge is 2.18. The van der Waals surface area contributed by atoms with Crippen LogP contribution in [0.5, 0.6) is 0 Å². The summed E-state index contributed by atoms with van der Waals surface area (Å²) in [6.45, 7) is 2.04. The summed E-state index contributed by atoms with van der Waals surface area (Å²) in [7, 11) is 0. The van der Waals surface area contributed by atoms with Crippen LogP contribution in [0.1, 0.15) is 12.8 Å². The zero-order valence-electron chi connectivity index (χ0n) is 10.9. The van der Waals surface area contributed by atoms with Gasteiger partial charge in [0.2, 0.25) is 0 Å². The maximum Gasteiger partial charge on any atom is 0.156 e. The third kappa shape index (κ3) is 2.83. The van der Waals surface area contributed by atoms with Crippen molar-refractivity contribution in [3.63, 3.8) is 0 Å². The van der Waals surface area contributed by atoms with Crippen molar-refractivity contribution < 1.29 is 0 Å². The smallest absolute Gasteiger partial charge is 0.156 e. The summed E-state index contributed by atoms with van der Waals surface area (Å²) in [5.74, 6) is 0.856. The second kappa shape index (κ2) is 5.89. The van der Waals surface area contributed by atoms with Crippen LogP contribution >= 0.6 is 23.4 Å². The van der Waals surface area contributed by atoms with Crippen molar-refractivity contribution in [2.75, 3.05) is 23.7 Å². The molecule has 0 radical (unpaired) electrons. The molecule has 1 fully saturated rings. The molecule has 3 rings (SSSR count). The molecule has 1 aromatic heterocycles. The van der Waals surface area contributed by atoms with E-state index in [1.807, 2.05) is 24.3 Å². The van der Waals surface area contributed by atoms with Gasteiger partial charge in [0.05, 0.1) is 0 Å². The Labute approximate surface area is 127 Å². The molecule has 0 bridgehead atoms. The van der Waals surface area contributed by atoms with Gasteiger partial charge in [-0.25, -0.2) is 9.97 Å². The molecule has 0 saturated carbocycles. The Kier molecular flexibility index (Phi) is 3.98. The fourth-order valence-electron chi connectivity index (χ4n) is 2.25. The molecule has 0 spiro atoms. The molecule has 0 atom stereocenters. The molecule has 1 saturated heterocycles. The highest BCUT2D eigenvalue weighted by molar-refractivity contribution is 7.99. The molecule has 1 aliphatic rings. The van der Waals surface area contributed by atoms with Crippen LogP contribution in [-0.2, 0) is 0 Å². The molecule has 0 unspecified atom stereocenters. The zero-order valence-corrected chi connectivity index (χ0v) is 12.5. The van der Waals surface area contributed by atoms with Crippen molar-refractivity contribution >= 4 is 34.9 Å². The van der Waals surface area contributed by atoms with Crippen molar-refractivity contribution in [3.05, 3.63) is 35.6 Å². The summed E-state index contributed by atoms with van der Waals surface area (Å²) in [6, 6.07) is 7.65. The molecule has 6 heteroatoms. The summed E-state index contributed by atoms with van der Waals surface area (Å²) in [5, 5.41) is 1.52. The van der Waals surface area contributed by atoms with Gasteiger partial charge in [0.15, 0.2) is 5.82 Å². The average molecular weight is 307 g/mol. The van der Waals surface area contributed by atoms with Crippen LogP contribution < -0.4 is 10.6 Å². The summed E-state index contributed by atoms with van der Waals surface area (Å²) in [4.78, 5) is 11.9. The molecule has 104 valence electrons. The number of halogens is 1. The topological polar surface area (TPSA) is 55.0 Å². The van der Waals surface area contributed by atoms with Gasteiger partial charge in [-0.05, 0) is 37.1 Å². The molecule has 1 aliphatic heterocycles. The number of benzene rings is 1. The van der Waals surface area contributed by atoms with E-state index in [-0.39, 0.29) is 0 Å². The van der Waals surface area contributed by atoms with E-state index < -0.39 is 0 Å². The second-order valence-electron chi connectivity index (χ2n) is 4.67. The minimum Gasteiger partial charge on any atom is -0.394 e. The van der Waals surface area contributed by atoms with E-state index in [1.165, 1.54) is 24.6 Å². The van der Waals surface area contributed by atoms with Crippen LogP contribution in [0.4, 0.5) is 11.5 Å². The number of aromatic nitrogens is 2. The Hall–Kier alpha value is -1.46. The second-order valence-corrected chi connectivity index (χ2v) is 6.16. The van der Waals surface area contributed by atoms with E-state index in [4.69, 9.17) is 17.3 Å². The zero-order chi connectivity index (χ0) is 13.9. The SMILES string of the molecule is Nc1c(Sc2ccc(Cl)cc2)ncnc1N1CCCC1. The average Bonchev–Trinajstić information content (AvgIpc) is 2.97. The molecular weight excluding hydrogens is 292 g/mol. The lowest BCUT2D eigenvalue weighted by Crippen LogP contribution is -2.21. The van der Waals surface area contributed by atoms with Gasteiger partial charge < -0.3 is 10.6 Å². The van der Waals surface area contributed by atoms with Gasteiger partial charge in [-0.2, -0.15) is 0 Å². The van der Waals surface area contributed by atoms with Crippen LogP contribution in [0.2, 0.25) is 5.02 Å². The van der Waals surface area contributed by atoms with Crippen molar-refractivity contribution in [3.8, 4) is 0 Å². The molecular formula is C14H15ClN4S. The van der Waals surface area contributed by atoms with E-state index in [0.29, 0.717) is 5.69 Å². The molecule has 2 N–H and O–H groups in total. The van der Waals surface area contributed by atoms with Crippen molar-refractivity contribution in [1.29, 1.82) is 0 Å². The highest BCUT2D eigenvalue weighted by Crippen LogP contribution is 2.35. The Morgan fingerprint density at radius 2 is 1.80 bits per heavy atom. The third-order valence-electron chi connectivity index (χ3n) is 3.26. The Balaban J connectivity index is 1.86. The first-order valence-electron chi connectivity index (χ1n) is 6.53. The highest BCUT2D eigenvalue weighted by atomic mass is 35.5. The number of rotatable bonds is 3. The standard InChI is InChI=1S/C14H15ClN4S/c15-10-3-5-11(6-4-10)20-14-12(16)13(17-9-18-14)19-7-1-2-8-19/h3-6,9H,1-2,7-8,16H2.